The van der Waals surface area contributed by atoms with Gasteiger partial charge < -0.3 is 72.9 Å². The molecule has 4 aliphatic heterocycles. The summed E-state index contributed by atoms with van der Waals surface area (Å²) in [4.78, 5) is 0. The lowest BCUT2D eigenvalue weighted by Gasteiger charge is -2.48. The minimum absolute atomic E-state index is 0.0249. The van der Waals surface area contributed by atoms with Crippen molar-refractivity contribution in [2.24, 2.45) is 5.92 Å². The maximum Gasteiger partial charge on any atom is 0.202 e. The zero-order valence-electron chi connectivity index (χ0n) is 34.5. The van der Waals surface area contributed by atoms with E-state index in [9.17, 15) is 25.5 Å². The van der Waals surface area contributed by atoms with Gasteiger partial charge >= 0.3 is 0 Å². The summed E-state index contributed by atoms with van der Waals surface area (Å²) in [5, 5.41) is 53.6. The van der Waals surface area contributed by atoms with Crippen molar-refractivity contribution in [1.29, 1.82) is 0 Å². The lowest BCUT2D eigenvalue weighted by atomic mass is 9.68. The molecule has 15 atom stereocenters. The molecule has 0 amide bonds. The molecule has 0 unspecified atom stereocenters. The van der Waals surface area contributed by atoms with Crippen molar-refractivity contribution < 1.29 is 72.9 Å². The van der Waals surface area contributed by atoms with Gasteiger partial charge in [0, 0.05) is 51.6 Å². The summed E-state index contributed by atoms with van der Waals surface area (Å²) < 4.78 is 61.1. The Labute approximate surface area is 336 Å². The Kier molecular flexibility index (Phi) is 15.3. The predicted octanol–water partition coefficient (Wildman–Crippen LogP) is 2.88. The Balaban J connectivity index is 1.18. The molecule has 1 aromatic carbocycles. The number of aliphatic hydroxyl groups excluding tert-OH is 5. The van der Waals surface area contributed by atoms with E-state index in [0.29, 0.717) is 5.75 Å². The Hall–Kier alpha value is -1.96. The fraction of sp³-hybridized carbons (Fsp3) is 0.810. The van der Waals surface area contributed by atoms with Gasteiger partial charge in [-0.15, -0.1) is 0 Å². The van der Waals surface area contributed by atoms with Gasteiger partial charge in [0.2, 0.25) is 6.29 Å². The van der Waals surface area contributed by atoms with Crippen molar-refractivity contribution in [1.82, 2.24) is 0 Å². The molecule has 57 heavy (non-hydrogen) atoms. The van der Waals surface area contributed by atoms with Crippen molar-refractivity contribution in [2.45, 2.75) is 170 Å². The van der Waals surface area contributed by atoms with Crippen LogP contribution in [0.3, 0.4) is 0 Å². The molecule has 6 rings (SSSR count). The van der Waals surface area contributed by atoms with Crippen LogP contribution in [-0.2, 0) is 44.3 Å². The summed E-state index contributed by atoms with van der Waals surface area (Å²) >= 11 is 0. The molecule has 5 aliphatic rings. The third kappa shape index (κ3) is 9.67. The second kappa shape index (κ2) is 19.6. The minimum atomic E-state index is -1.30. The topological polar surface area (TPSA) is 193 Å². The fourth-order valence-electron chi connectivity index (χ4n) is 9.39. The maximum atomic E-state index is 11.6. The monoisotopic (exact) mass is 810 g/mol. The number of benzene rings is 1. The first-order chi connectivity index (χ1) is 27.4. The van der Waals surface area contributed by atoms with Crippen LogP contribution in [0.4, 0.5) is 0 Å². The summed E-state index contributed by atoms with van der Waals surface area (Å²) in [7, 11) is 4.42. The number of hydrogen-bond acceptors (Lipinski definition) is 15. The molecule has 3 saturated heterocycles. The molecule has 4 heterocycles. The number of aliphatic hydroxyl groups is 5. The Morgan fingerprint density at radius 2 is 1.47 bits per heavy atom. The van der Waals surface area contributed by atoms with E-state index in [2.05, 4.69) is 45.9 Å². The van der Waals surface area contributed by atoms with Gasteiger partial charge in [-0.1, -0.05) is 31.4 Å². The first kappa shape index (κ1) is 44.6. The average molecular weight is 811 g/mol. The van der Waals surface area contributed by atoms with Gasteiger partial charge in [-0.3, -0.25) is 0 Å². The van der Waals surface area contributed by atoms with Gasteiger partial charge in [0.15, 0.2) is 12.6 Å². The molecule has 1 aromatic rings. The minimum Gasteiger partial charge on any atom is -0.487 e. The first-order valence-corrected chi connectivity index (χ1v) is 20.6. The Bertz CT molecular complexity index is 1470. The highest BCUT2D eigenvalue weighted by atomic mass is 16.7. The van der Waals surface area contributed by atoms with E-state index in [1.54, 1.807) is 0 Å². The summed E-state index contributed by atoms with van der Waals surface area (Å²) in [5.74, 6) is 1.78. The lowest BCUT2D eigenvalue weighted by molar-refractivity contribution is -0.354. The van der Waals surface area contributed by atoms with Crippen LogP contribution in [0.1, 0.15) is 89.7 Å². The van der Waals surface area contributed by atoms with Crippen LogP contribution < -0.4 is 9.47 Å². The van der Waals surface area contributed by atoms with Crippen LogP contribution in [0.25, 0.3) is 0 Å². The number of hydrogen-bond donors (Lipinski definition) is 5. The molecule has 15 heteroatoms. The van der Waals surface area contributed by atoms with E-state index in [0.717, 1.165) is 55.4 Å². The highest BCUT2D eigenvalue weighted by molar-refractivity contribution is 5.54. The van der Waals surface area contributed by atoms with Crippen molar-refractivity contribution in [2.75, 3.05) is 41.2 Å². The van der Waals surface area contributed by atoms with E-state index in [4.69, 9.17) is 47.4 Å². The van der Waals surface area contributed by atoms with Gasteiger partial charge in [0.25, 0.3) is 0 Å². The number of allylic oxidation sites excluding steroid dienone is 2. The molecular formula is C42H66O15. The van der Waals surface area contributed by atoms with E-state index in [1.165, 1.54) is 26.9 Å². The van der Waals surface area contributed by atoms with Gasteiger partial charge in [0.05, 0.1) is 32.0 Å². The summed E-state index contributed by atoms with van der Waals surface area (Å²) in [6, 6.07) is 4.22. The van der Waals surface area contributed by atoms with Gasteiger partial charge in [-0.05, 0) is 64.2 Å². The smallest absolute Gasteiger partial charge is 0.202 e. The molecular weight excluding hydrogens is 744 g/mol. The van der Waals surface area contributed by atoms with Crippen molar-refractivity contribution in [3.05, 3.63) is 34.9 Å². The molecule has 15 nitrogen and oxygen atoms in total. The number of ether oxygens (including phenoxy) is 10. The Morgan fingerprint density at radius 3 is 2.14 bits per heavy atom. The van der Waals surface area contributed by atoms with Crippen LogP contribution in [0, 0.1) is 5.92 Å². The van der Waals surface area contributed by atoms with Gasteiger partial charge in [-0.2, -0.15) is 0 Å². The molecule has 0 bridgehead atoms. The number of methoxy groups -OCH3 is 3. The molecule has 0 radical (unpaired) electrons. The zero-order valence-corrected chi connectivity index (χ0v) is 34.5. The summed E-state index contributed by atoms with van der Waals surface area (Å²) in [5.41, 5.74) is 3.03. The van der Waals surface area contributed by atoms with E-state index in [-0.39, 0.29) is 36.9 Å². The number of aryl methyl sites for hydroxylation is 1. The lowest BCUT2D eigenvalue weighted by Crippen LogP contribution is -2.63. The van der Waals surface area contributed by atoms with Crippen LogP contribution in [0.2, 0.25) is 0 Å². The van der Waals surface area contributed by atoms with Crippen LogP contribution >= 0.6 is 0 Å². The molecule has 0 spiro atoms. The van der Waals surface area contributed by atoms with Crippen molar-refractivity contribution in [3.8, 4) is 11.5 Å². The summed E-state index contributed by atoms with van der Waals surface area (Å²) in [6.45, 7) is 7.22. The quantitative estimate of drug-likeness (QED) is 0.121. The highest BCUT2D eigenvalue weighted by Crippen LogP contribution is 2.54. The molecule has 1 aliphatic carbocycles. The Morgan fingerprint density at radius 1 is 0.789 bits per heavy atom. The van der Waals surface area contributed by atoms with Crippen molar-refractivity contribution in [3.63, 3.8) is 0 Å². The predicted molar refractivity (Wildman–Crippen MR) is 205 cm³/mol. The van der Waals surface area contributed by atoms with Crippen LogP contribution in [-0.4, -0.2) is 152 Å². The SMILES string of the molecule is CCCCCc1cc(O[C@H]2C[C@@H](O)[C@H](O[C@H]3C[C@@H](O[C@@H]4O[C@H](CO)[C@@H](OC)[C@H](OC)[C@H]4OC)[C@H](O)[C@@H](CO)O3)[C@@H](CO)O2)c2c(c1)OC(C)(C)[C@@H]1CCC(C)=C[C@@H]21. The first-order valence-electron chi connectivity index (χ1n) is 20.6. The molecule has 3 fully saturated rings. The third-order valence-electron chi connectivity index (χ3n) is 12.4. The molecule has 324 valence electrons. The molecule has 0 saturated carbocycles. The zero-order chi connectivity index (χ0) is 41.0. The number of unbranched alkanes of at least 4 members (excludes halogenated alkanes) is 2. The van der Waals surface area contributed by atoms with Gasteiger partial charge in [-0.25, -0.2) is 0 Å². The van der Waals surface area contributed by atoms with E-state index >= 15 is 0 Å². The molecule has 0 aromatic heterocycles. The third-order valence-corrected chi connectivity index (χ3v) is 12.4. The second-order valence-electron chi connectivity index (χ2n) is 16.7. The normalized spacial score (nSPS) is 39.1. The highest BCUT2D eigenvalue weighted by Gasteiger charge is 2.51. The average Bonchev–Trinajstić information content (AvgIpc) is 3.18. The standard InChI is InChI=1S/C42H66O15/c1-8-9-10-11-23-15-27(35-24-14-22(2)12-13-25(24)42(3,4)57-28(35)16-23)51-33-17-26(46)37(31(20-44)53-33)56-34-18-29(36(47)30(19-43)52-34)54-41-40(50-7)39(49-6)38(48-5)32(21-45)55-41/h14-16,24-26,29-34,36-41,43-47H,8-13,17-21H2,1-7H3/t24-,25-,26-,29-,30-,31-,32-,33-,34+,36+,37+,38-,39+,40-,41-/m1/s1. The largest absolute Gasteiger partial charge is 0.487 e. The summed E-state index contributed by atoms with van der Waals surface area (Å²) in [6.07, 6.45) is -4.30. The van der Waals surface area contributed by atoms with Gasteiger partial charge in [0.1, 0.15) is 65.9 Å². The fourth-order valence-corrected chi connectivity index (χ4v) is 9.39. The second-order valence-corrected chi connectivity index (χ2v) is 16.7. The maximum absolute atomic E-state index is 11.6. The van der Waals surface area contributed by atoms with Crippen LogP contribution in [0.15, 0.2) is 23.8 Å². The van der Waals surface area contributed by atoms with E-state index in [1.807, 2.05) is 0 Å². The number of rotatable bonds is 16. The van der Waals surface area contributed by atoms with Crippen LogP contribution in [0.5, 0.6) is 11.5 Å². The molecule has 5 N–H and O–H groups in total. The van der Waals surface area contributed by atoms with E-state index < -0.39 is 93.1 Å². The number of fused-ring (bicyclic) bond motifs is 3. The van der Waals surface area contributed by atoms with Crippen molar-refractivity contribution >= 4 is 0 Å².